The Kier molecular flexibility index (Phi) is 6.42. The maximum Gasteiger partial charge on any atom is 0.362 e. The van der Waals surface area contributed by atoms with E-state index in [9.17, 15) is 9.90 Å². The van der Waals surface area contributed by atoms with Gasteiger partial charge in [-0.15, -0.1) is 10.7 Å². The summed E-state index contributed by atoms with van der Waals surface area (Å²) in [7, 11) is 1.30. The quantitative estimate of drug-likeness (QED) is 0.463. The van der Waals surface area contributed by atoms with Gasteiger partial charge in [-0.3, -0.25) is 0 Å². The topological polar surface area (TPSA) is 103 Å². The van der Waals surface area contributed by atoms with E-state index in [0.717, 1.165) is 34.7 Å². The van der Waals surface area contributed by atoms with Crippen LogP contribution in [0.4, 0.5) is 0 Å². The number of benzene rings is 1. The first-order chi connectivity index (χ1) is 14.1. The van der Waals surface area contributed by atoms with Gasteiger partial charge in [-0.1, -0.05) is 24.1 Å². The van der Waals surface area contributed by atoms with E-state index in [1.54, 1.807) is 0 Å². The molecule has 150 valence electrons. The smallest absolute Gasteiger partial charge is 0.362 e. The Morgan fingerprint density at radius 2 is 1.97 bits per heavy atom. The molecule has 0 radical (unpaired) electrons. The molecular formula is C21H22N4O4. The number of nitrogens with zero attached hydrogens (tertiary/aromatic N) is 4. The Bertz CT molecular complexity index is 1000. The lowest BCUT2D eigenvalue weighted by Gasteiger charge is -2.24. The minimum absolute atomic E-state index is 0.0609. The number of hydrogen-bond donors (Lipinski definition) is 1. The van der Waals surface area contributed by atoms with Crippen molar-refractivity contribution in [1.82, 2.24) is 20.0 Å². The fourth-order valence-corrected chi connectivity index (χ4v) is 2.85. The van der Waals surface area contributed by atoms with E-state index < -0.39 is 11.7 Å². The van der Waals surface area contributed by atoms with Crippen LogP contribution in [0.1, 0.15) is 30.7 Å². The van der Waals surface area contributed by atoms with Crippen LogP contribution in [0.15, 0.2) is 47.1 Å². The molecule has 8 heteroatoms. The van der Waals surface area contributed by atoms with Gasteiger partial charge in [-0.2, -0.15) is 10.2 Å². The fraction of sp³-hybridized carbons (Fsp3) is 0.333. The van der Waals surface area contributed by atoms with Crippen LogP contribution in [0.25, 0.3) is 11.5 Å². The summed E-state index contributed by atoms with van der Waals surface area (Å²) in [4.78, 5) is 17.3. The van der Waals surface area contributed by atoms with Crippen molar-refractivity contribution >= 4 is 5.97 Å². The van der Waals surface area contributed by atoms with Crippen molar-refractivity contribution in [2.24, 2.45) is 0 Å². The van der Waals surface area contributed by atoms with Crippen LogP contribution in [0, 0.1) is 18.8 Å². The Labute approximate surface area is 168 Å². The van der Waals surface area contributed by atoms with Crippen molar-refractivity contribution in [1.29, 1.82) is 0 Å². The number of oxazole rings is 1. The third-order valence-corrected chi connectivity index (χ3v) is 4.50. The van der Waals surface area contributed by atoms with Crippen LogP contribution in [0.3, 0.4) is 0 Å². The lowest BCUT2D eigenvalue weighted by Crippen LogP contribution is -2.45. The van der Waals surface area contributed by atoms with Gasteiger partial charge in [0.15, 0.2) is 0 Å². The molecule has 3 rings (SSSR count). The molecule has 0 aliphatic rings. The zero-order valence-electron chi connectivity index (χ0n) is 16.3. The number of methoxy groups -OCH3 is 1. The summed E-state index contributed by atoms with van der Waals surface area (Å²) in [6.07, 6.45) is 4.84. The molecule has 2 aromatic heterocycles. The van der Waals surface area contributed by atoms with E-state index in [1.165, 1.54) is 19.5 Å². The standard InChI is InChI=1S/C21H22N4O4/c1-16-18(24-19(29-16)17-10-6-5-7-11-17)12-8-3-4-9-13-21(28-2,20(26)27)25-22-14-15-23-25/h5-7,10-11,14-15H,3,8,12-13H2,1-2H3,(H,26,27). The maximum atomic E-state index is 11.7. The Morgan fingerprint density at radius 1 is 1.24 bits per heavy atom. The molecule has 29 heavy (non-hydrogen) atoms. The second-order valence-corrected chi connectivity index (χ2v) is 6.38. The lowest BCUT2D eigenvalue weighted by atomic mass is 10.1. The fourth-order valence-electron chi connectivity index (χ4n) is 2.85. The molecular weight excluding hydrogens is 372 g/mol. The summed E-state index contributed by atoms with van der Waals surface area (Å²) >= 11 is 0. The highest BCUT2D eigenvalue weighted by atomic mass is 16.5. The van der Waals surface area contributed by atoms with E-state index in [-0.39, 0.29) is 6.42 Å². The van der Waals surface area contributed by atoms with Crippen LogP contribution in [0.2, 0.25) is 0 Å². The van der Waals surface area contributed by atoms with Gasteiger partial charge in [-0.25, -0.2) is 9.78 Å². The van der Waals surface area contributed by atoms with E-state index in [1.807, 2.05) is 37.3 Å². The third-order valence-electron chi connectivity index (χ3n) is 4.50. The monoisotopic (exact) mass is 394 g/mol. The largest absolute Gasteiger partial charge is 0.478 e. The van der Waals surface area contributed by atoms with Crippen molar-refractivity contribution in [3.63, 3.8) is 0 Å². The number of aryl methyl sites for hydroxylation is 2. The van der Waals surface area contributed by atoms with Crippen molar-refractivity contribution in [3.8, 4) is 23.3 Å². The van der Waals surface area contributed by atoms with Gasteiger partial charge in [0.05, 0.1) is 24.5 Å². The molecule has 0 saturated heterocycles. The number of carboxylic acids is 1. The molecule has 0 bridgehead atoms. The molecule has 0 aliphatic carbocycles. The van der Waals surface area contributed by atoms with E-state index in [2.05, 4.69) is 27.0 Å². The minimum atomic E-state index is -1.73. The number of hydrogen-bond acceptors (Lipinski definition) is 6. The molecule has 0 spiro atoms. The molecule has 2 heterocycles. The number of carboxylic acid groups (broad SMARTS) is 1. The third kappa shape index (κ3) is 4.52. The van der Waals surface area contributed by atoms with Gasteiger partial charge in [0.1, 0.15) is 5.76 Å². The molecule has 0 amide bonds. The van der Waals surface area contributed by atoms with E-state index >= 15 is 0 Å². The van der Waals surface area contributed by atoms with Gasteiger partial charge in [-0.05, 0) is 31.9 Å². The molecule has 0 saturated carbocycles. The van der Waals surface area contributed by atoms with Crippen LogP contribution in [-0.2, 0) is 21.7 Å². The second-order valence-electron chi connectivity index (χ2n) is 6.38. The summed E-state index contributed by atoms with van der Waals surface area (Å²) in [6, 6.07) is 9.75. The number of carbonyl (C=O) groups is 1. The highest BCUT2D eigenvalue weighted by molar-refractivity contribution is 5.75. The predicted octanol–water partition coefficient (Wildman–Crippen LogP) is 3.04. The normalized spacial score (nSPS) is 12.8. The number of aromatic nitrogens is 4. The predicted molar refractivity (Wildman–Crippen MR) is 105 cm³/mol. The summed E-state index contributed by atoms with van der Waals surface area (Å²) < 4.78 is 11.0. The summed E-state index contributed by atoms with van der Waals surface area (Å²) in [5.74, 6) is 6.09. The molecule has 3 aromatic rings. The number of ether oxygens (including phenoxy) is 1. The van der Waals surface area contributed by atoms with Gasteiger partial charge < -0.3 is 14.3 Å². The first kappa shape index (κ1) is 20.3. The van der Waals surface area contributed by atoms with Gasteiger partial charge >= 0.3 is 5.97 Å². The van der Waals surface area contributed by atoms with Crippen LogP contribution in [-0.4, -0.2) is 38.2 Å². The van der Waals surface area contributed by atoms with Crippen molar-refractivity contribution in [2.45, 2.75) is 38.3 Å². The average Bonchev–Trinajstić information content (AvgIpc) is 3.39. The van der Waals surface area contributed by atoms with Gasteiger partial charge in [0.2, 0.25) is 5.89 Å². The lowest BCUT2D eigenvalue weighted by molar-refractivity contribution is -0.180. The highest BCUT2D eigenvalue weighted by Gasteiger charge is 2.42. The first-order valence-electron chi connectivity index (χ1n) is 9.19. The Balaban J connectivity index is 1.57. The summed E-state index contributed by atoms with van der Waals surface area (Å²) in [5, 5.41) is 17.3. The summed E-state index contributed by atoms with van der Waals surface area (Å²) in [5.41, 5.74) is 0.116. The average molecular weight is 394 g/mol. The Morgan fingerprint density at radius 3 is 2.62 bits per heavy atom. The molecule has 1 N–H and O–H groups in total. The number of aliphatic carboxylic acids is 1. The van der Waals surface area contributed by atoms with Crippen molar-refractivity contribution in [2.75, 3.05) is 7.11 Å². The van der Waals surface area contributed by atoms with Crippen LogP contribution < -0.4 is 0 Å². The Hall–Kier alpha value is -3.44. The minimum Gasteiger partial charge on any atom is -0.478 e. The second kappa shape index (κ2) is 9.17. The van der Waals surface area contributed by atoms with E-state index in [4.69, 9.17) is 9.15 Å². The molecule has 8 nitrogen and oxygen atoms in total. The molecule has 0 fully saturated rings. The first-order valence-corrected chi connectivity index (χ1v) is 9.19. The van der Waals surface area contributed by atoms with Gasteiger partial charge in [0.25, 0.3) is 5.72 Å². The molecule has 0 aliphatic heterocycles. The zero-order chi connectivity index (χ0) is 20.7. The summed E-state index contributed by atoms with van der Waals surface area (Å²) in [6.45, 7) is 1.90. The number of unbranched alkanes of at least 4 members (excludes halogenated alkanes) is 1. The zero-order valence-corrected chi connectivity index (χ0v) is 16.3. The van der Waals surface area contributed by atoms with Gasteiger partial charge in [0, 0.05) is 19.1 Å². The maximum absolute atomic E-state index is 11.7. The van der Waals surface area contributed by atoms with E-state index in [0.29, 0.717) is 12.3 Å². The molecule has 1 aromatic carbocycles. The van der Waals surface area contributed by atoms with Crippen LogP contribution >= 0.6 is 0 Å². The number of rotatable bonds is 8. The molecule has 1 unspecified atom stereocenters. The van der Waals surface area contributed by atoms with Crippen LogP contribution in [0.5, 0.6) is 0 Å². The molecule has 1 atom stereocenters. The van der Waals surface area contributed by atoms with Crippen molar-refractivity contribution < 1.29 is 19.1 Å². The highest BCUT2D eigenvalue weighted by Crippen LogP contribution is 2.22. The van der Waals surface area contributed by atoms with Crippen molar-refractivity contribution in [3.05, 3.63) is 54.2 Å². The SMILES string of the molecule is COC(CC#CCCCc1nc(-c2ccccc2)oc1C)(C(=O)O)n1nccn1.